The maximum absolute atomic E-state index is 11.9. The average Bonchev–Trinajstić information content (AvgIpc) is 2.47. The van der Waals surface area contributed by atoms with Gasteiger partial charge in [0.15, 0.2) is 6.61 Å². The number of anilines is 1. The molecular formula is C15H20N2O3. The highest BCUT2D eigenvalue weighted by Crippen LogP contribution is 2.30. The van der Waals surface area contributed by atoms with Gasteiger partial charge >= 0.3 is 0 Å². The number of para-hydroxylation sites is 2. The van der Waals surface area contributed by atoms with Crippen LogP contribution in [0.3, 0.4) is 0 Å². The molecule has 0 unspecified atom stereocenters. The van der Waals surface area contributed by atoms with Crippen LogP contribution >= 0.6 is 0 Å². The number of hydrogen-bond donors (Lipinski definition) is 1. The van der Waals surface area contributed by atoms with Crippen LogP contribution in [0.2, 0.25) is 0 Å². The highest BCUT2D eigenvalue weighted by Gasteiger charge is 2.24. The van der Waals surface area contributed by atoms with Gasteiger partial charge in [-0.25, -0.2) is 0 Å². The minimum Gasteiger partial charge on any atom is -0.482 e. The smallest absolute Gasteiger partial charge is 0.265 e. The molecule has 0 fully saturated rings. The molecule has 0 saturated heterocycles. The molecule has 0 radical (unpaired) electrons. The van der Waals surface area contributed by atoms with Crippen LogP contribution in [-0.4, -0.2) is 31.5 Å². The van der Waals surface area contributed by atoms with E-state index in [2.05, 4.69) is 12.2 Å². The molecule has 2 amide bonds. The number of rotatable bonds is 6. The van der Waals surface area contributed by atoms with E-state index >= 15 is 0 Å². The molecule has 0 spiro atoms. The second-order valence-electron chi connectivity index (χ2n) is 4.76. The molecule has 5 heteroatoms. The van der Waals surface area contributed by atoms with Crippen LogP contribution in [0.1, 0.15) is 26.2 Å². The lowest BCUT2D eigenvalue weighted by molar-refractivity contribution is -0.122. The highest BCUT2D eigenvalue weighted by atomic mass is 16.5. The van der Waals surface area contributed by atoms with Crippen LogP contribution in [-0.2, 0) is 9.59 Å². The zero-order valence-electron chi connectivity index (χ0n) is 11.7. The maximum Gasteiger partial charge on any atom is 0.265 e. The van der Waals surface area contributed by atoms with Crippen molar-refractivity contribution in [2.75, 3.05) is 24.6 Å². The number of fused-ring (bicyclic) bond motifs is 1. The predicted molar refractivity (Wildman–Crippen MR) is 76.8 cm³/mol. The van der Waals surface area contributed by atoms with Gasteiger partial charge in [-0.3, -0.25) is 9.59 Å². The number of benzene rings is 1. The Morgan fingerprint density at radius 2 is 2.20 bits per heavy atom. The molecule has 1 N–H and O–H groups in total. The number of carbonyl (C=O) groups excluding carboxylic acids is 2. The van der Waals surface area contributed by atoms with Crippen molar-refractivity contribution in [3.05, 3.63) is 24.3 Å². The Morgan fingerprint density at radius 3 is 3.00 bits per heavy atom. The number of carbonyl (C=O) groups is 2. The fraction of sp³-hybridized carbons (Fsp3) is 0.467. The zero-order valence-corrected chi connectivity index (χ0v) is 11.7. The molecule has 1 heterocycles. The summed E-state index contributed by atoms with van der Waals surface area (Å²) in [5.74, 6) is 0.678. The molecule has 2 rings (SSSR count). The number of amides is 2. The van der Waals surface area contributed by atoms with E-state index in [1.54, 1.807) is 4.90 Å². The Bertz CT molecular complexity index is 488. The lowest BCUT2D eigenvalue weighted by Crippen LogP contribution is -2.43. The second-order valence-corrected chi connectivity index (χ2v) is 4.76. The summed E-state index contributed by atoms with van der Waals surface area (Å²) in [4.78, 5) is 25.1. The summed E-state index contributed by atoms with van der Waals surface area (Å²) in [5.41, 5.74) is 0.770. The molecule has 0 aromatic heterocycles. The Hall–Kier alpha value is -2.04. The number of hydrogen-bond acceptors (Lipinski definition) is 3. The standard InChI is InChI=1S/C15H20N2O3/c1-2-3-8-14(18)16-9-10-17-12-6-4-5-7-13(12)20-11-15(17)19/h4-7H,2-3,8-11H2,1H3,(H,16,18). The van der Waals surface area contributed by atoms with E-state index in [1.165, 1.54) is 0 Å². The predicted octanol–water partition coefficient (Wildman–Crippen LogP) is 1.72. The first kappa shape index (κ1) is 14.4. The fourth-order valence-electron chi connectivity index (χ4n) is 2.13. The summed E-state index contributed by atoms with van der Waals surface area (Å²) in [6.45, 7) is 3.04. The van der Waals surface area contributed by atoms with Crippen LogP contribution in [0.25, 0.3) is 0 Å². The van der Waals surface area contributed by atoms with Crippen LogP contribution in [0.4, 0.5) is 5.69 Å². The summed E-state index contributed by atoms with van der Waals surface area (Å²) >= 11 is 0. The highest BCUT2D eigenvalue weighted by molar-refractivity contribution is 5.97. The zero-order chi connectivity index (χ0) is 14.4. The molecule has 20 heavy (non-hydrogen) atoms. The second kappa shape index (κ2) is 6.93. The molecule has 0 aliphatic carbocycles. The Balaban J connectivity index is 1.89. The normalized spacial score (nSPS) is 13.7. The van der Waals surface area contributed by atoms with Gasteiger partial charge in [0.1, 0.15) is 5.75 Å². The van der Waals surface area contributed by atoms with E-state index in [9.17, 15) is 9.59 Å². The van der Waals surface area contributed by atoms with E-state index in [1.807, 2.05) is 24.3 Å². The minimum absolute atomic E-state index is 0.0424. The van der Waals surface area contributed by atoms with Gasteiger partial charge in [-0.15, -0.1) is 0 Å². The van der Waals surface area contributed by atoms with Crippen molar-refractivity contribution >= 4 is 17.5 Å². The van der Waals surface area contributed by atoms with Gasteiger partial charge in [0, 0.05) is 19.5 Å². The van der Waals surface area contributed by atoms with Crippen LogP contribution < -0.4 is 15.0 Å². The van der Waals surface area contributed by atoms with Crippen molar-refractivity contribution < 1.29 is 14.3 Å². The fourth-order valence-corrected chi connectivity index (χ4v) is 2.13. The molecule has 1 aromatic carbocycles. The van der Waals surface area contributed by atoms with E-state index in [0.717, 1.165) is 18.5 Å². The van der Waals surface area contributed by atoms with Gasteiger partial charge in [-0.2, -0.15) is 0 Å². The van der Waals surface area contributed by atoms with Crippen LogP contribution in [0.5, 0.6) is 5.75 Å². The summed E-state index contributed by atoms with van der Waals surface area (Å²) in [6.07, 6.45) is 2.44. The topological polar surface area (TPSA) is 58.6 Å². The number of nitrogens with one attached hydrogen (secondary N) is 1. The molecule has 1 aromatic rings. The van der Waals surface area contributed by atoms with Crippen molar-refractivity contribution in [1.82, 2.24) is 5.32 Å². The molecule has 0 bridgehead atoms. The molecule has 108 valence electrons. The van der Waals surface area contributed by atoms with E-state index in [-0.39, 0.29) is 18.4 Å². The van der Waals surface area contributed by atoms with E-state index in [4.69, 9.17) is 4.74 Å². The first-order chi connectivity index (χ1) is 9.72. The van der Waals surface area contributed by atoms with Crippen molar-refractivity contribution in [3.63, 3.8) is 0 Å². The van der Waals surface area contributed by atoms with Crippen molar-refractivity contribution in [2.45, 2.75) is 26.2 Å². The first-order valence-electron chi connectivity index (χ1n) is 7.01. The first-order valence-corrected chi connectivity index (χ1v) is 7.01. The molecular weight excluding hydrogens is 256 g/mol. The third-order valence-corrected chi connectivity index (χ3v) is 3.22. The Morgan fingerprint density at radius 1 is 1.40 bits per heavy atom. The van der Waals surface area contributed by atoms with Gasteiger partial charge in [-0.1, -0.05) is 25.5 Å². The number of ether oxygens (including phenoxy) is 1. The van der Waals surface area contributed by atoms with Crippen molar-refractivity contribution in [2.24, 2.45) is 0 Å². The van der Waals surface area contributed by atoms with Gasteiger partial charge in [-0.05, 0) is 18.6 Å². The minimum atomic E-state index is -0.0773. The number of unbranched alkanes of at least 4 members (excludes halogenated alkanes) is 1. The summed E-state index contributed by atoms with van der Waals surface area (Å²) in [5, 5.41) is 2.84. The molecule has 0 atom stereocenters. The van der Waals surface area contributed by atoms with Gasteiger partial charge in [0.25, 0.3) is 5.91 Å². The number of nitrogens with zero attached hydrogens (tertiary/aromatic N) is 1. The van der Waals surface area contributed by atoms with E-state index in [0.29, 0.717) is 25.3 Å². The SMILES string of the molecule is CCCCC(=O)NCCN1C(=O)COc2ccccc21. The van der Waals surface area contributed by atoms with Crippen LogP contribution in [0, 0.1) is 0 Å². The van der Waals surface area contributed by atoms with Gasteiger partial charge in [0.2, 0.25) is 5.91 Å². The van der Waals surface area contributed by atoms with Crippen molar-refractivity contribution in [3.8, 4) is 5.75 Å². The van der Waals surface area contributed by atoms with Crippen molar-refractivity contribution in [1.29, 1.82) is 0 Å². The Labute approximate surface area is 118 Å². The van der Waals surface area contributed by atoms with Gasteiger partial charge < -0.3 is 15.0 Å². The molecule has 5 nitrogen and oxygen atoms in total. The Kier molecular flexibility index (Phi) is 4.98. The third-order valence-electron chi connectivity index (χ3n) is 3.22. The molecule has 1 aliphatic heterocycles. The summed E-state index contributed by atoms with van der Waals surface area (Å²) in [7, 11) is 0. The average molecular weight is 276 g/mol. The lowest BCUT2D eigenvalue weighted by atomic mass is 10.2. The molecule has 0 saturated carbocycles. The lowest BCUT2D eigenvalue weighted by Gasteiger charge is -2.29. The maximum atomic E-state index is 11.9. The molecule has 1 aliphatic rings. The summed E-state index contributed by atoms with van der Waals surface area (Å²) in [6, 6.07) is 7.44. The van der Waals surface area contributed by atoms with Crippen LogP contribution in [0.15, 0.2) is 24.3 Å². The third kappa shape index (κ3) is 3.50. The quantitative estimate of drug-likeness (QED) is 0.860. The van der Waals surface area contributed by atoms with E-state index < -0.39 is 0 Å². The monoisotopic (exact) mass is 276 g/mol. The van der Waals surface area contributed by atoms with Gasteiger partial charge in [0.05, 0.1) is 5.69 Å². The summed E-state index contributed by atoms with van der Waals surface area (Å²) < 4.78 is 5.37. The largest absolute Gasteiger partial charge is 0.482 e.